The Morgan fingerprint density at radius 3 is 1.83 bits per heavy atom. The van der Waals surface area contributed by atoms with E-state index in [4.69, 9.17) is 16.3 Å². The molecule has 0 radical (unpaired) electrons. The molecule has 0 aromatic carbocycles. The molecule has 0 bridgehead atoms. The lowest BCUT2D eigenvalue weighted by molar-refractivity contribution is 0.243. The first kappa shape index (κ1) is 23.9. The maximum atomic E-state index is 10.3. The van der Waals surface area contributed by atoms with E-state index in [9.17, 15) is 4.89 Å². The molecule has 0 heterocycles. The van der Waals surface area contributed by atoms with Gasteiger partial charge in [-0.2, -0.15) is 0 Å². The lowest BCUT2D eigenvalue weighted by Gasteiger charge is -2.24. The fourth-order valence-corrected chi connectivity index (χ4v) is 6.57. The highest BCUT2D eigenvalue weighted by molar-refractivity contribution is 8.67. The van der Waals surface area contributed by atoms with Crippen LogP contribution in [0, 0.1) is 22.7 Å². The monoisotopic (exact) mass is 382 g/mol. The van der Waals surface area contributed by atoms with Crippen LogP contribution < -0.4 is 0 Å². The largest absolute Gasteiger partial charge is 0.337 e. The summed E-state index contributed by atoms with van der Waals surface area (Å²) in [5.74, 6) is 2.15. The van der Waals surface area contributed by atoms with Gasteiger partial charge in [0.05, 0.1) is 6.61 Å². The third-order valence-electron chi connectivity index (χ3n) is 3.65. The fourth-order valence-electron chi connectivity index (χ4n) is 3.07. The fraction of sp³-hybridized carbons (Fsp3) is 1.00. The lowest BCUT2D eigenvalue weighted by atomic mass is 9.84. The van der Waals surface area contributed by atoms with E-state index in [-0.39, 0.29) is 0 Å². The second-order valence-electron chi connectivity index (χ2n) is 9.45. The van der Waals surface area contributed by atoms with Gasteiger partial charge in [-0.3, -0.25) is 0 Å². The molecule has 1 N–H and O–H groups in total. The molecule has 3 unspecified atom stereocenters. The minimum atomic E-state index is -2.66. The molecular weight excluding hydrogens is 343 g/mol. The van der Waals surface area contributed by atoms with Crippen molar-refractivity contribution < 1.29 is 9.42 Å². The third kappa shape index (κ3) is 16.2. The van der Waals surface area contributed by atoms with E-state index in [1.54, 1.807) is 0 Å². The van der Waals surface area contributed by atoms with Gasteiger partial charge in [0.1, 0.15) is 0 Å². The van der Waals surface area contributed by atoms with E-state index >= 15 is 0 Å². The Balaban J connectivity index is 3.95. The summed E-state index contributed by atoms with van der Waals surface area (Å²) in [7, 11) is 0. The predicted molar refractivity (Wildman–Crippen MR) is 111 cm³/mol. The van der Waals surface area contributed by atoms with Crippen LogP contribution in [0.2, 0.25) is 0 Å². The molecule has 0 saturated heterocycles. The van der Waals surface area contributed by atoms with Gasteiger partial charge in [-0.1, -0.05) is 66.8 Å². The van der Waals surface area contributed by atoms with Crippen LogP contribution in [0.5, 0.6) is 0 Å². The second-order valence-corrected chi connectivity index (χ2v) is 15.8. The quantitative estimate of drug-likeness (QED) is 0.417. The third-order valence-corrected chi connectivity index (χ3v) is 8.01. The normalized spacial score (nSPS) is 18.5. The van der Waals surface area contributed by atoms with E-state index < -0.39 is 5.69 Å². The van der Waals surface area contributed by atoms with Crippen molar-refractivity contribution in [2.45, 2.75) is 81.1 Å². The van der Waals surface area contributed by atoms with Crippen LogP contribution in [-0.4, -0.2) is 17.3 Å². The van der Waals surface area contributed by atoms with Gasteiger partial charge in [0.2, 0.25) is 5.69 Å². The minimum absolute atomic E-state index is 0.344. The number of hydrogen-bond donors (Lipinski definition) is 1. The highest BCUT2D eigenvalue weighted by atomic mass is 32.9. The summed E-state index contributed by atoms with van der Waals surface area (Å²) in [4.78, 5) is 10.3. The van der Waals surface area contributed by atoms with Gasteiger partial charge in [-0.25, -0.2) is 0 Å². The SMILES string of the molecule is CC(CCOP(O)(=S)SCCC(C)CC(C)(C)C)CC(C)(C)C. The standard InChI is InChI=1S/C18H39O2PS2/c1-15(13-17(3,4)5)9-11-20-21(19,22)23-12-10-16(2)14-18(6,7)8/h15-16H,9-14H2,1-8H3,(H,19,22). The van der Waals surface area contributed by atoms with E-state index in [0.717, 1.165) is 18.6 Å². The Bertz CT molecular complexity index is 340. The molecule has 0 saturated carbocycles. The van der Waals surface area contributed by atoms with E-state index in [2.05, 4.69) is 55.4 Å². The number of rotatable bonds is 10. The summed E-state index contributed by atoms with van der Waals surface area (Å²) < 4.78 is 5.64. The van der Waals surface area contributed by atoms with Crippen molar-refractivity contribution in [1.29, 1.82) is 0 Å². The van der Waals surface area contributed by atoms with E-state index in [1.165, 1.54) is 24.2 Å². The van der Waals surface area contributed by atoms with Crippen LogP contribution in [0.4, 0.5) is 0 Å². The first-order valence-electron chi connectivity index (χ1n) is 8.82. The molecule has 0 amide bonds. The van der Waals surface area contributed by atoms with Crippen molar-refractivity contribution in [2.24, 2.45) is 22.7 Å². The van der Waals surface area contributed by atoms with Crippen LogP contribution in [0.3, 0.4) is 0 Å². The van der Waals surface area contributed by atoms with Gasteiger partial charge in [-0.05, 0) is 60.2 Å². The predicted octanol–water partition coefficient (Wildman–Crippen LogP) is 6.88. The van der Waals surface area contributed by atoms with Crippen molar-refractivity contribution in [3.8, 4) is 0 Å². The molecule has 23 heavy (non-hydrogen) atoms. The van der Waals surface area contributed by atoms with Crippen LogP contribution in [0.15, 0.2) is 0 Å². The van der Waals surface area contributed by atoms with E-state index in [1.807, 2.05) is 0 Å². The van der Waals surface area contributed by atoms with Gasteiger partial charge < -0.3 is 9.42 Å². The Kier molecular flexibility index (Phi) is 10.6. The highest BCUT2D eigenvalue weighted by Gasteiger charge is 2.20. The first-order valence-corrected chi connectivity index (χ1v) is 13.1. The summed E-state index contributed by atoms with van der Waals surface area (Å²) in [6.45, 7) is 18.7. The average molecular weight is 383 g/mol. The van der Waals surface area contributed by atoms with Crippen molar-refractivity contribution in [3.05, 3.63) is 0 Å². The highest BCUT2D eigenvalue weighted by Crippen LogP contribution is 2.56. The van der Waals surface area contributed by atoms with Gasteiger partial charge >= 0.3 is 0 Å². The molecule has 0 aliphatic heterocycles. The van der Waals surface area contributed by atoms with E-state index in [0.29, 0.717) is 29.3 Å². The summed E-state index contributed by atoms with van der Waals surface area (Å²) in [5.41, 5.74) is -1.95. The van der Waals surface area contributed by atoms with Gasteiger partial charge in [-0.15, -0.1) is 0 Å². The maximum absolute atomic E-state index is 10.3. The molecule has 0 fully saturated rings. The van der Waals surface area contributed by atoms with Crippen LogP contribution in [-0.2, 0) is 16.3 Å². The van der Waals surface area contributed by atoms with Crippen LogP contribution in [0.1, 0.15) is 81.1 Å². The molecule has 0 aliphatic carbocycles. The average Bonchev–Trinajstić information content (AvgIpc) is 2.22. The smallest absolute Gasteiger partial charge is 0.244 e. The summed E-state index contributed by atoms with van der Waals surface area (Å²) in [6, 6.07) is 0. The van der Waals surface area contributed by atoms with Gasteiger partial charge in [0.25, 0.3) is 0 Å². The molecule has 5 heteroatoms. The molecule has 0 aliphatic rings. The topological polar surface area (TPSA) is 29.5 Å². The lowest BCUT2D eigenvalue weighted by Crippen LogP contribution is -2.12. The van der Waals surface area contributed by atoms with Crippen LogP contribution in [0.25, 0.3) is 0 Å². The summed E-state index contributed by atoms with van der Waals surface area (Å²) in [5, 5.41) is 0. The summed E-state index contributed by atoms with van der Waals surface area (Å²) >= 11 is 6.73. The molecule has 0 aromatic heterocycles. The van der Waals surface area contributed by atoms with Crippen LogP contribution >= 0.6 is 17.1 Å². The molecule has 2 nitrogen and oxygen atoms in total. The maximum Gasteiger partial charge on any atom is 0.244 e. The number of hydrogen-bond acceptors (Lipinski definition) is 3. The Labute approximate surface area is 154 Å². The molecule has 140 valence electrons. The van der Waals surface area contributed by atoms with Crippen molar-refractivity contribution >= 4 is 28.9 Å². The minimum Gasteiger partial charge on any atom is -0.337 e. The first-order chi connectivity index (χ1) is 10.2. The zero-order valence-electron chi connectivity index (χ0n) is 16.5. The molecule has 3 atom stereocenters. The molecule has 0 aromatic rings. The van der Waals surface area contributed by atoms with Crippen molar-refractivity contribution in [3.63, 3.8) is 0 Å². The Morgan fingerprint density at radius 2 is 1.39 bits per heavy atom. The Morgan fingerprint density at radius 1 is 0.957 bits per heavy atom. The zero-order valence-corrected chi connectivity index (χ0v) is 19.0. The molecule has 0 rings (SSSR count). The molecular formula is C18H39O2PS2. The molecule has 0 spiro atoms. The van der Waals surface area contributed by atoms with Crippen molar-refractivity contribution in [2.75, 3.05) is 12.4 Å². The zero-order chi connectivity index (χ0) is 18.3. The Hall–Kier alpha value is 0.920. The second kappa shape index (κ2) is 10.2. The van der Waals surface area contributed by atoms with Gasteiger partial charge in [0.15, 0.2) is 0 Å². The van der Waals surface area contributed by atoms with Gasteiger partial charge in [0, 0.05) is 5.75 Å². The summed E-state index contributed by atoms with van der Waals surface area (Å²) in [6.07, 6.45) is 4.43. The van der Waals surface area contributed by atoms with Crippen molar-refractivity contribution in [1.82, 2.24) is 0 Å².